The molecule has 0 saturated carbocycles. The van der Waals surface area contributed by atoms with E-state index in [1.807, 2.05) is 41.9 Å². The Hall–Kier alpha value is -1.49. The van der Waals surface area contributed by atoms with Crippen LogP contribution in [0.2, 0.25) is 0 Å². The standard InChI is InChI=1S/C22H26N2OS.ClH/c1-24(20-13-18-11-12-19(14-20)23-18)22(25)17-9-7-16(8-10-17)15-26-21-5-3-2-4-6-21;/h2-10,18-20,23H,11-15H2,1H3;1H. The lowest BCUT2D eigenvalue weighted by Gasteiger charge is -2.35. The predicted molar refractivity (Wildman–Crippen MR) is 115 cm³/mol. The lowest BCUT2D eigenvalue weighted by atomic mass is 9.98. The van der Waals surface area contributed by atoms with E-state index in [-0.39, 0.29) is 18.3 Å². The first-order valence-electron chi connectivity index (χ1n) is 9.49. The van der Waals surface area contributed by atoms with Crippen LogP contribution in [0, 0.1) is 0 Å². The second-order valence-electron chi connectivity index (χ2n) is 7.48. The zero-order valence-electron chi connectivity index (χ0n) is 15.6. The Bertz CT molecular complexity index is 741. The minimum absolute atomic E-state index is 0. The summed E-state index contributed by atoms with van der Waals surface area (Å²) in [5, 5.41) is 3.65. The Morgan fingerprint density at radius 2 is 1.67 bits per heavy atom. The Morgan fingerprint density at radius 1 is 1.04 bits per heavy atom. The summed E-state index contributed by atoms with van der Waals surface area (Å²) < 4.78 is 0. The number of halogens is 1. The van der Waals surface area contributed by atoms with Crippen LogP contribution in [-0.4, -0.2) is 36.0 Å². The molecular weight excluding hydrogens is 376 g/mol. The average molecular weight is 403 g/mol. The molecule has 2 aromatic rings. The van der Waals surface area contributed by atoms with Crippen LogP contribution in [0.5, 0.6) is 0 Å². The van der Waals surface area contributed by atoms with Crippen LogP contribution in [0.1, 0.15) is 41.6 Å². The normalized spacial score (nSPS) is 23.5. The second kappa shape index (κ2) is 9.13. The summed E-state index contributed by atoms with van der Waals surface area (Å²) >= 11 is 1.82. The van der Waals surface area contributed by atoms with Gasteiger partial charge in [0.15, 0.2) is 0 Å². The molecule has 0 spiro atoms. The van der Waals surface area contributed by atoms with E-state index < -0.39 is 0 Å². The minimum atomic E-state index is 0. The van der Waals surface area contributed by atoms with Crippen molar-refractivity contribution >= 4 is 30.1 Å². The third kappa shape index (κ3) is 4.87. The molecule has 0 radical (unpaired) electrons. The largest absolute Gasteiger partial charge is 0.339 e. The minimum Gasteiger partial charge on any atom is -0.339 e. The van der Waals surface area contributed by atoms with Gasteiger partial charge in [-0.15, -0.1) is 24.2 Å². The molecule has 2 aliphatic rings. The third-order valence-corrected chi connectivity index (χ3v) is 6.75. The number of piperidine rings is 1. The van der Waals surface area contributed by atoms with Gasteiger partial charge in [-0.05, 0) is 55.5 Å². The van der Waals surface area contributed by atoms with Gasteiger partial charge in [0.1, 0.15) is 0 Å². The van der Waals surface area contributed by atoms with E-state index in [1.54, 1.807) is 0 Å². The highest BCUT2D eigenvalue weighted by molar-refractivity contribution is 7.98. The zero-order valence-corrected chi connectivity index (χ0v) is 17.3. The third-order valence-electron chi connectivity index (χ3n) is 5.67. The number of benzene rings is 2. The molecule has 27 heavy (non-hydrogen) atoms. The first kappa shape index (κ1) is 20.2. The molecule has 1 N–H and O–H groups in total. The molecule has 2 unspecified atom stereocenters. The van der Waals surface area contributed by atoms with Crippen LogP contribution in [0.15, 0.2) is 59.5 Å². The molecule has 0 aliphatic carbocycles. The zero-order chi connectivity index (χ0) is 17.9. The summed E-state index contributed by atoms with van der Waals surface area (Å²) in [6.45, 7) is 0. The maximum atomic E-state index is 12.9. The van der Waals surface area contributed by atoms with Crippen molar-refractivity contribution in [1.82, 2.24) is 10.2 Å². The molecule has 2 saturated heterocycles. The number of hydrogen-bond acceptors (Lipinski definition) is 3. The SMILES string of the molecule is CN(C(=O)c1ccc(CSc2ccccc2)cc1)C1CC2CCC(C1)N2.Cl. The lowest BCUT2D eigenvalue weighted by Crippen LogP contribution is -2.48. The van der Waals surface area contributed by atoms with Gasteiger partial charge in [0.25, 0.3) is 5.91 Å². The number of thioether (sulfide) groups is 1. The average Bonchev–Trinajstić information content (AvgIpc) is 3.04. The number of hydrogen-bond donors (Lipinski definition) is 1. The number of amides is 1. The highest BCUT2D eigenvalue weighted by atomic mass is 35.5. The van der Waals surface area contributed by atoms with Crippen LogP contribution in [0.25, 0.3) is 0 Å². The molecule has 2 aromatic carbocycles. The van der Waals surface area contributed by atoms with Gasteiger partial charge in [0.2, 0.25) is 0 Å². The Kier molecular flexibility index (Phi) is 6.85. The molecule has 2 heterocycles. The van der Waals surface area contributed by atoms with Gasteiger partial charge >= 0.3 is 0 Å². The summed E-state index contributed by atoms with van der Waals surface area (Å²) in [7, 11) is 1.97. The molecule has 2 aliphatic heterocycles. The van der Waals surface area contributed by atoms with Gasteiger partial charge in [-0.2, -0.15) is 0 Å². The number of carbonyl (C=O) groups excluding carboxylic acids is 1. The van der Waals surface area contributed by atoms with Crippen LogP contribution >= 0.6 is 24.2 Å². The summed E-state index contributed by atoms with van der Waals surface area (Å²) in [5.41, 5.74) is 2.05. The number of carbonyl (C=O) groups is 1. The van der Waals surface area contributed by atoms with Crippen molar-refractivity contribution in [2.45, 2.75) is 54.5 Å². The van der Waals surface area contributed by atoms with Crippen molar-refractivity contribution in [3.05, 3.63) is 65.7 Å². The van der Waals surface area contributed by atoms with E-state index in [9.17, 15) is 4.79 Å². The van der Waals surface area contributed by atoms with Gasteiger partial charge in [-0.1, -0.05) is 30.3 Å². The summed E-state index contributed by atoms with van der Waals surface area (Å²) in [5.74, 6) is 1.07. The monoisotopic (exact) mass is 402 g/mol. The van der Waals surface area contributed by atoms with Crippen LogP contribution < -0.4 is 5.32 Å². The molecule has 4 rings (SSSR count). The van der Waals surface area contributed by atoms with Crippen LogP contribution in [0.3, 0.4) is 0 Å². The Morgan fingerprint density at radius 3 is 2.30 bits per heavy atom. The second-order valence-corrected chi connectivity index (χ2v) is 8.53. The molecular formula is C22H27ClN2OS. The summed E-state index contributed by atoms with van der Waals surface area (Å²) in [6.07, 6.45) is 4.70. The van der Waals surface area contributed by atoms with Crippen molar-refractivity contribution in [3.8, 4) is 0 Å². The topological polar surface area (TPSA) is 32.3 Å². The summed E-state index contributed by atoms with van der Waals surface area (Å²) in [6, 6.07) is 20.1. The molecule has 2 bridgehead atoms. The van der Waals surface area contributed by atoms with Gasteiger partial charge < -0.3 is 10.2 Å². The number of nitrogens with zero attached hydrogens (tertiary/aromatic N) is 1. The van der Waals surface area contributed by atoms with Crippen LogP contribution in [-0.2, 0) is 5.75 Å². The van der Waals surface area contributed by atoms with E-state index in [4.69, 9.17) is 0 Å². The molecule has 144 valence electrons. The first-order valence-corrected chi connectivity index (χ1v) is 10.5. The van der Waals surface area contributed by atoms with Gasteiger partial charge in [-0.3, -0.25) is 4.79 Å². The van der Waals surface area contributed by atoms with E-state index in [1.165, 1.54) is 23.3 Å². The van der Waals surface area contributed by atoms with Crippen molar-refractivity contribution in [2.75, 3.05) is 7.05 Å². The molecule has 2 atom stereocenters. The van der Waals surface area contributed by atoms with E-state index in [2.05, 4.69) is 41.7 Å². The lowest BCUT2D eigenvalue weighted by molar-refractivity contribution is 0.0681. The summed E-state index contributed by atoms with van der Waals surface area (Å²) in [4.78, 5) is 16.1. The molecule has 3 nitrogen and oxygen atoms in total. The van der Waals surface area contributed by atoms with Crippen molar-refractivity contribution in [2.24, 2.45) is 0 Å². The van der Waals surface area contributed by atoms with Gasteiger partial charge in [-0.25, -0.2) is 0 Å². The van der Waals surface area contributed by atoms with Crippen molar-refractivity contribution in [3.63, 3.8) is 0 Å². The van der Waals surface area contributed by atoms with Gasteiger partial charge in [0.05, 0.1) is 0 Å². The fourth-order valence-electron chi connectivity index (χ4n) is 4.14. The highest BCUT2D eigenvalue weighted by Gasteiger charge is 2.36. The first-order chi connectivity index (χ1) is 12.7. The van der Waals surface area contributed by atoms with Crippen LogP contribution in [0.4, 0.5) is 0 Å². The molecule has 0 aromatic heterocycles. The fraction of sp³-hybridized carbons (Fsp3) is 0.409. The maximum Gasteiger partial charge on any atom is 0.253 e. The quantitative estimate of drug-likeness (QED) is 0.732. The van der Waals surface area contributed by atoms with E-state index >= 15 is 0 Å². The predicted octanol–water partition coefficient (Wildman–Crippen LogP) is 4.76. The Labute approximate surface area is 172 Å². The number of nitrogens with one attached hydrogen (secondary N) is 1. The number of fused-ring (bicyclic) bond motifs is 2. The maximum absolute atomic E-state index is 12.9. The smallest absolute Gasteiger partial charge is 0.253 e. The van der Waals surface area contributed by atoms with E-state index in [0.29, 0.717) is 18.1 Å². The highest BCUT2D eigenvalue weighted by Crippen LogP contribution is 2.30. The van der Waals surface area contributed by atoms with Crippen molar-refractivity contribution < 1.29 is 4.79 Å². The molecule has 5 heteroatoms. The van der Waals surface area contributed by atoms with Gasteiger partial charge in [0, 0.05) is 41.4 Å². The Balaban J connectivity index is 0.00000210. The number of rotatable bonds is 5. The molecule has 2 fully saturated rings. The molecule has 1 amide bonds. The fourth-order valence-corrected chi connectivity index (χ4v) is 5.02. The van der Waals surface area contributed by atoms with Crippen molar-refractivity contribution in [1.29, 1.82) is 0 Å². The van der Waals surface area contributed by atoms with E-state index in [0.717, 1.165) is 24.2 Å².